The Morgan fingerprint density at radius 1 is 0.906 bits per heavy atom. The lowest BCUT2D eigenvalue weighted by atomic mass is 9.72. The molecule has 2 aromatic carbocycles. The minimum atomic E-state index is -0.167. The number of nitrogens with two attached hydrogens (primary N) is 1. The molecular weight excluding hydrogens is 422 g/mol. The summed E-state index contributed by atoms with van der Waals surface area (Å²) in [4.78, 5) is 5.00. The van der Waals surface area contributed by atoms with Gasteiger partial charge in [0.05, 0.1) is 11.4 Å². The van der Waals surface area contributed by atoms with Gasteiger partial charge < -0.3 is 5.73 Å². The topological polar surface area (TPSA) is 97.8 Å². The minimum absolute atomic E-state index is 0. The third-order valence-electron chi connectivity index (χ3n) is 6.26. The summed E-state index contributed by atoms with van der Waals surface area (Å²) in [5.41, 5.74) is 13.4. The molecule has 0 aliphatic heterocycles. The SMILES string of the molecule is Cl.NC1(c2ccc(-c3nc4cc(-c5nn[nH]n5)ccn4c3-c3ccccc3)cc2)CCC1. The van der Waals surface area contributed by atoms with E-state index < -0.39 is 0 Å². The van der Waals surface area contributed by atoms with E-state index in [-0.39, 0.29) is 17.9 Å². The van der Waals surface area contributed by atoms with Gasteiger partial charge in [0.25, 0.3) is 0 Å². The Bertz CT molecular complexity index is 1360. The Kier molecular flexibility index (Phi) is 5.00. The van der Waals surface area contributed by atoms with Crippen molar-refractivity contribution in [2.75, 3.05) is 0 Å². The first kappa shape index (κ1) is 20.4. The Balaban J connectivity index is 0.00000216. The molecule has 0 radical (unpaired) electrons. The van der Waals surface area contributed by atoms with Gasteiger partial charge in [-0.2, -0.15) is 5.21 Å². The Morgan fingerprint density at radius 3 is 2.34 bits per heavy atom. The highest BCUT2D eigenvalue weighted by Crippen LogP contribution is 2.40. The number of aromatic nitrogens is 6. The molecule has 5 aromatic rings. The van der Waals surface area contributed by atoms with Crippen LogP contribution in [-0.4, -0.2) is 30.0 Å². The first-order valence-electron chi connectivity index (χ1n) is 10.4. The van der Waals surface area contributed by atoms with Crippen molar-refractivity contribution < 1.29 is 0 Å². The van der Waals surface area contributed by atoms with Crippen molar-refractivity contribution >= 4 is 18.1 Å². The average molecular weight is 444 g/mol. The van der Waals surface area contributed by atoms with Gasteiger partial charge in [-0.1, -0.05) is 54.6 Å². The zero-order valence-corrected chi connectivity index (χ0v) is 18.1. The molecule has 1 fully saturated rings. The highest BCUT2D eigenvalue weighted by Gasteiger charge is 2.34. The standard InChI is InChI=1S/C24H21N7.ClH/c25-24(12-4-13-24)19-9-7-16(8-10-19)21-22(17-5-2-1-3-6-17)31-14-11-18(15-20(31)26-21)23-27-29-30-28-23;/h1-3,5-11,14-15H,4,12-13,25H2,(H,27,28,29,30);1H. The molecule has 3 N–H and O–H groups in total. The lowest BCUT2D eigenvalue weighted by Crippen LogP contribution is -2.43. The second-order valence-electron chi connectivity index (χ2n) is 8.14. The molecule has 160 valence electrons. The summed E-state index contributed by atoms with van der Waals surface area (Å²) in [5, 5.41) is 14.3. The molecule has 0 unspecified atom stereocenters. The number of nitrogens with one attached hydrogen (secondary N) is 1. The zero-order chi connectivity index (χ0) is 20.8. The third kappa shape index (κ3) is 3.26. The molecule has 32 heavy (non-hydrogen) atoms. The maximum Gasteiger partial charge on any atom is 0.204 e. The fourth-order valence-electron chi connectivity index (χ4n) is 4.35. The normalized spacial score (nSPS) is 14.7. The number of aromatic amines is 1. The maximum absolute atomic E-state index is 6.52. The summed E-state index contributed by atoms with van der Waals surface area (Å²) >= 11 is 0. The molecule has 1 aliphatic carbocycles. The predicted octanol–water partition coefficient (Wildman–Crippen LogP) is 4.61. The van der Waals surface area contributed by atoms with E-state index in [2.05, 4.69) is 61.4 Å². The van der Waals surface area contributed by atoms with Crippen LogP contribution in [0, 0.1) is 0 Å². The van der Waals surface area contributed by atoms with E-state index in [4.69, 9.17) is 10.7 Å². The smallest absolute Gasteiger partial charge is 0.204 e. The number of benzene rings is 2. The van der Waals surface area contributed by atoms with E-state index in [1.54, 1.807) is 0 Å². The first-order chi connectivity index (χ1) is 15.2. The van der Waals surface area contributed by atoms with E-state index in [0.717, 1.165) is 46.6 Å². The highest BCUT2D eigenvalue weighted by molar-refractivity contribution is 5.85. The van der Waals surface area contributed by atoms with Crippen LogP contribution < -0.4 is 5.73 Å². The number of hydrogen-bond donors (Lipinski definition) is 2. The molecule has 0 spiro atoms. The van der Waals surface area contributed by atoms with Crippen molar-refractivity contribution in [2.45, 2.75) is 24.8 Å². The molecule has 8 heteroatoms. The lowest BCUT2D eigenvalue weighted by Gasteiger charge is -2.38. The number of hydrogen-bond acceptors (Lipinski definition) is 5. The van der Waals surface area contributed by atoms with Crippen molar-refractivity contribution in [2.24, 2.45) is 5.73 Å². The molecular formula is C24H22ClN7. The third-order valence-corrected chi connectivity index (χ3v) is 6.26. The van der Waals surface area contributed by atoms with Crippen LogP contribution in [-0.2, 0) is 5.54 Å². The monoisotopic (exact) mass is 443 g/mol. The quantitative estimate of drug-likeness (QED) is 0.422. The predicted molar refractivity (Wildman–Crippen MR) is 126 cm³/mol. The van der Waals surface area contributed by atoms with E-state index in [9.17, 15) is 0 Å². The Labute approximate surface area is 191 Å². The van der Waals surface area contributed by atoms with Crippen LogP contribution in [0.3, 0.4) is 0 Å². The average Bonchev–Trinajstić information content (AvgIpc) is 3.46. The van der Waals surface area contributed by atoms with Crippen LogP contribution in [0.1, 0.15) is 24.8 Å². The van der Waals surface area contributed by atoms with Gasteiger partial charge in [-0.05, 0) is 42.2 Å². The molecule has 1 saturated carbocycles. The summed E-state index contributed by atoms with van der Waals surface area (Å²) < 4.78 is 2.11. The molecule has 1 aliphatic rings. The molecule has 3 heterocycles. The van der Waals surface area contributed by atoms with Gasteiger partial charge in [0, 0.05) is 28.4 Å². The van der Waals surface area contributed by atoms with Gasteiger partial charge >= 0.3 is 0 Å². The second-order valence-corrected chi connectivity index (χ2v) is 8.14. The molecule has 6 rings (SSSR count). The van der Waals surface area contributed by atoms with Crippen LogP contribution in [0.4, 0.5) is 0 Å². The molecule has 3 aromatic heterocycles. The fraction of sp³-hybridized carbons (Fsp3) is 0.167. The van der Waals surface area contributed by atoms with Gasteiger partial charge in [0.2, 0.25) is 5.82 Å². The summed E-state index contributed by atoms with van der Waals surface area (Å²) in [5.74, 6) is 0.548. The van der Waals surface area contributed by atoms with Crippen LogP contribution in [0.5, 0.6) is 0 Å². The maximum atomic E-state index is 6.52. The Morgan fingerprint density at radius 2 is 1.69 bits per heavy atom. The number of imidazole rings is 1. The van der Waals surface area contributed by atoms with Crippen molar-refractivity contribution in [3.05, 3.63) is 78.5 Å². The number of fused-ring (bicyclic) bond motifs is 1. The van der Waals surface area contributed by atoms with Crippen molar-refractivity contribution in [1.82, 2.24) is 30.0 Å². The van der Waals surface area contributed by atoms with E-state index >= 15 is 0 Å². The number of rotatable bonds is 4. The summed E-state index contributed by atoms with van der Waals surface area (Å²) in [6, 6.07) is 22.9. The molecule has 0 saturated heterocycles. The van der Waals surface area contributed by atoms with Gasteiger partial charge in [-0.3, -0.25) is 4.40 Å². The van der Waals surface area contributed by atoms with Gasteiger partial charge in [0.15, 0.2) is 0 Å². The minimum Gasteiger partial charge on any atom is -0.321 e. The fourth-order valence-corrected chi connectivity index (χ4v) is 4.35. The number of halogens is 1. The second kappa shape index (κ2) is 7.85. The number of pyridine rings is 1. The van der Waals surface area contributed by atoms with Crippen molar-refractivity contribution in [1.29, 1.82) is 0 Å². The molecule has 7 nitrogen and oxygen atoms in total. The zero-order valence-electron chi connectivity index (χ0n) is 17.3. The van der Waals surface area contributed by atoms with Gasteiger partial charge in [-0.15, -0.1) is 22.6 Å². The largest absolute Gasteiger partial charge is 0.321 e. The summed E-state index contributed by atoms with van der Waals surface area (Å²) in [6.07, 6.45) is 5.31. The highest BCUT2D eigenvalue weighted by atomic mass is 35.5. The van der Waals surface area contributed by atoms with Crippen LogP contribution in [0.25, 0.3) is 39.5 Å². The van der Waals surface area contributed by atoms with Crippen molar-refractivity contribution in [3.8, 4) is 33.9 Å². The Hall–Kier alpha value is -3.55. The van der Waals surface area contributed by atoms with Crippen molar-refractivity contribution in [3.63, 3.8) is 0 Å². The van der Waals surface area contributed by atoms with Gasteiger partial charge in [-0.25, -0.2) is 4.98 Å². The van der Waals surface area contributed by atoms with E-state index in [0.29, 0.717) is 5.82 Å². The molecule has 0 atom stereocenters. The number of H-pyrrole nitrogens is 1. The molecule has 0 amide bonds. The van der Waals surface area contributed by atoms with E-state index in [1.807, 2.05) is 36.5 Å². The van der Waals surface area contributed by atoms with Gasteiger partial charge in [0.1, 0.15) is 5.65 Å². The lowest BCUT2D eigenvalue weighted by molar-refractivity contribution is 0.253. The summed E-state index contributed by atoms with van der Waals surface area (Å²) in [7, 11) is 0. The van der Waals surface area contributed by atoms with Crippen LogP contribution >= 0.6 is 12.4 Å². The summed E-state index contributed by atoms with van der Waals surface area (Å²) in [6.45, 7) is 0. The van der Waals surface area contributed by atoms with E-state index in [1.165, 1.54) is 12.0 Å². The first-order valence-corrected chi connectivity index (χ1v) is 10.4. The number of nitrogens with zero attached hydrogens (tertiary/aromatic N) is 5. The molecule has 0 bridgehead atoms. The van der Waals surface area contributed by atoms with Crippen LogP contribution in [0.2, 0.25) is 0 Å². The van der Waals surface area contributed by atoms with Crippen LogP contribution in [0.15, 0.2) is 72.9 Å². The number of tetrazole rings is 1.